The standard InChI is InChI=1S/C14H23NO/c1-3-8-14(12-15-11-4-2)16-13-9-6-5-7-10-13/h5-7,9-10,14-15H,3-4,8,11-12H2,1-2H3. The van der Waals surface area contributed by atoms with E-state index in [9.17, 15) is 0 Å². The van der Waals surface area contributed by atoms with Crippen LogP contribution in [0.4, 0.5) is 0 Å². The predicted octanol–water partition coefficient (Wildman–Crippen LogP) is 3.23. The summed E-state index contributed by atoms with van der Waals surface area (Å²) in [6, 6.07) is 10.1. The van der Waals surface area contributed by atoms with Crippen LogP contribution in [0.2, 0.25) is 0 Å². The first-order valence-corrected chi connectivity index (χ1v) is 6.29. The lowest BCUT2D eigenvalue weighted by Gasteiger charge is -2.19. The molecule has 0 saturated heterocycles. The van der Waals surface area contributed by atoms with Gasteiger partial charge in [-0.1, -0.05) is 38.5 Å². The average molecular weight is 221 g/mol. The maximum absolute atomic E-state index is 5.94. The molecule has 2 nitrogen and oxygen atoms in total. The summed E-state index contributed by atoms with van der Waals surface area (Å²) in [7, 11) is 0. The van der Waals surface area contributed by atoms with Crippen molar-refractivity contribution in [2.75, 3.05) is 13.1 Å². The zero-order valence-corrected chi connectivity index (χ0v) is 10.4. The van der Waals surface area contributed by atoms with Gasteiger partial charge in [0, 0.05) is 6.54 Å². The van der Waals surface area contributed by atoms with E-state index in [1.807, 2.05) is 30.3 Å². The number of nitrogens with one attached hydrogen (secondary N) is 1. The van der Waals surface area contributed by atoms with Crippen LogP contribution in [0.3, 0.4) is 0 Å². The van der Waals surface area contributed by atoms with E-state index in [2.05, 4.69) is 19.2 Å². The molecule has 1 aromatic rings. The zero-order valence-electron chi connectivity index (χ0n) is 10.4. The number of para-hydroxylation sites is 1. The second kappa shape index (κ2) is 8.17. The minimum Gasteiger partial charge on any atom is -0.489 e. The van der Waals surface area contributed by atoms with Crippen molar-refractivity contribution in [1.82, 2.24) is 5.32 Å². The van der Waals surface area contributed by atoms with Gasteiger partial charge in [-0.15, -0.1) is 0 Å². The first-order chi connectivity index (χ1) is 7.86. The van der Waals surface area contributed by atoms with Gasteiger partial charge in [0.1, 0.15) is 11.9 Å². The van der Waals surface area contributed by atoms with Gasteiger partial charge in [0.25, 0.3) is 0 Å². The second-order valence-corrected chi connectivity index (χ2v) is 4.05. The molecule has 90 valence electrons. The van der Waals surface area contributed by atoms with Crippen LogP contribution in [0.1, 0.15) is 33.1 Å². The van der Waals surface area contributed by atoms with Gasteiger partial charge in [-0.05, 0) is 31.5 Å². The monoisotopic (exact) mass is 221 g/mol. The fourth-order valence-corrected chi connectivity index (χ4v) is 1.66. The molecule has 1 unspecified atom stereocenters. The van der Waals surface area contributed by atoms with Crippen LogP contribution in [-0.2, 0) is 0 Å². The Hall–Kier alpha value is -1.02. The fourth-order valence-electron chi connectivity index (χ4n) is 1.66. The summed E-state index contributed by atoms with van der Waals surface area (Å²) in [5.41, 5.74) is 0. The van der Waals surface area contributed by atoms with Crippen LogP contribution in [0, 0.1) is 0 Å². The second-order valence-electron chi connectivity index (χ2n) is 4.05. The van der Waals surface area contributed by atoms with E-state index >= 15 is 0 Å². The van der Waals surface area contributed by atoms with Gasteiger partial charge in [0.05, 0.1) is 0 Å². The molecule has 0 fully saturated rings. The molecule has 0 saturated carbocycles. The maximum atomic E-state index is 5.94. The first-order valence-electron chi connectivity index (χ1n) is 6.29. The number of benzene rings is 1. The Morgan fingerprint density at radius 1 is 1.12 bits per heavy atom. The highest BCUT2D eigenvalue weighted by molar-refractivity contribution is 5.21. The summed E-state index contributed by atoms with van der Waals surface area (Å²) >= 11 is 0. The Balaban J connectivity index is 2.38. The lowest BCUT2D eigenvalue weighted by molar-refractivity contribution is 0.186. The molecule has 0 heterocycles. The molecule has 0 bridgehead atoms. The maximum Gasteiger partial charge on any atom is 0.119 e. The number of rotatable bonds is 8. The molecule has 0 radical (unpaired) electrons. The third kappa shape index (κ3) is 5.17. The summed E-state index contributed by atoms with van der Waals surface area (Å²) in [5.74, 6) is 0.972. The smallest absolute Gasteiger partial charge is 0.119 e. The first kappa shape index (κ1) is 13.0. The van der Waals surface area contributed by atoms with Gasteiger partial charge in [-0.3, -0.25) is 0 Å². The number of hydrogen-bond donors (Lipinski definition) is 1. The SMILES string of the molecule is CCCNCC(CCC)Oc1ccccc1. The van der Waals surface area contributed by atoms with Gasteiger partial charge >= 0.3 is 0 Å². The minimum atomic E-state index is 0.291. The van der Waals surface area contributed by atoms with Crippen LogP contribution in [0.25, 0.3) is 0 Å². The van der Waals surface area contributed by atoms with Gasteiger partial charge in [0.2, 0.25) is 0 Å². The van der Waals surface area contributed by atoms with Crippen LogP contribution < -0.4 is 10.1 Å². The van der Waals surface area contributed by atoms with E-state index in [4.69, 9.17) is 4.74 Å². The van der Waals surface area contributed by atoms with E-state index in [0.717, 1.165) is 31.7 Å². The van der Waals surface area contributed by atoms with Crippen molar-refractivity contribution < 1.29 is 4.74 Å². The van der Waals surface area contributed by atoms with E-state index < -0.39 is 0 Å². The van der Waals surface area contributed by atoms with E-state index in [1.54, 1.807) is 0 Å². The third-order valence-corrected chi connectivity index (χ3v) is 2.46. The molecule has 0 aliphatic carbocycles. The van der Waals surface area contributed by atoms with Crippen LogP contribution >= 0.6 is 0 Å². The molecule has 1 aromatic carbocycles. The highest BCUT2D eigenvalue weighted by atomic mass is 16.5. The summed E-state index contributed by atoms with van der Waals surface area (Å²) in [4.78, 5) is 0. The molecular weight excluding hydrogens is 198 g/mol. The van der Waals surface area contributed by atoms with E-state index in [0.29, 0.717) is 6.10 Å². The van der Waals surface area contributed by atoms with Crippen molar-refractivity contribution in [2.45, 2.75) is 39.2 Å². The largest absolute Gasteiger partial charge is 0.489 e. The van der Waals surface area contributed by atoms with Crippen LogP contribution in [0.5, 0.6) is 5.75 Å². The number of ether oxygens (including phenoxy) is 1. The zero-order chi connectivity index (χ0) is 11.6. The molecule has 0 aliphatic heterocycles. The molecule has 16 heavy (non-hydrogen) atoms. The van der Waals surface area contributed by atoms with Gasteiger partial charge in [0.15, 0.2) is 0 Å². The summed E-state index contributed by atoms with van der Waals surface area (Å²) in [6.45, 7) is 6.38. The Kier molecular flexibility index (Phi) is 6.66. The normalized spacial score (nSPS) is 12.4. The predicted molar refractivity (Wildman–Crippen MR) is 68.9 cm³/mol. The lowest BCUT2D eigenvalue weighted by Crippen LogP contribution is -2.31. The molecule has 0 aromatic heterocycles. The Labute approximate surface area is 99.0 Å². The average Bonchev–Trinajstić information content (AvgIpc) is 2.31. The summed E-state index contributed by atoms with van der Waals surface area (Å²) in [5, 5.41) is 3.42. The Morgan fingerprint density at radius 3 is 2.50 bits per heavy atom. The summed E-state index contributed by atoms with van der Waals surface area (Å²) < 4.78 is 5.94. The quantitative estimate of drug-likeness (QED) is 0.680. The fraction of sp³-hybridized carbons (Fsp3) is 0.571. The van der Waals surface area contributed by atoms with Gasteiger partial charge in [-0.2, -0.15) is 0 Å². The summed E-state index contributed by atoms with van der Waals surface area (Å²) in [6.07, 6.45) is 3.72. The Morgan fingerprint density at radius 2 is 1.88 bits per heavy atom. The van der Waals surface area contributed by atoms with Crippen LogP contribution in [0.15, 0.2) is 30.3 Å². The minimum absolute atomic E-state index is 0.291. The van der Waals surface area contributed by atoms with Crippen molar-refractivity contribution in [3.8, 4) is 5.75 Å². The van der Waals surface area contributed by atoms with Gasteiger partial charge in [-0.25, -0.2) is 0 Å². The van der Waals surface area contributed by atoms with Crippen molar-refractivity contribution in [2.24, 2.45) is 0 Å². The third-order valence-electron chi connectivity index (χ3n) is 2.46. The van der Waals surface area contributed by atoms with E-state index in [1.165, 1.54) is 6.42 Å². The van der Waals surface area contributed by atoms with Crippen molar-refractivity contribution in [3.05, 3.63) is 30.3 Å². The lowest BCUT2D eigenvalue weighted by atomic mass is 10.2. The number of hydrogen-bond acceptors (Lipinski definition) is 2. The molecule has 1 atom stereocenters. The molecule has 0 aliphatic rings. The highest BCUT2D eigenvalue weighted by Gasteiger charge is 2.08. The van der Waals surface area contributed by atoms with Crippen molar-refractivity contribution in [1.29, 1.82) is 0 Å². The van der Waals surface area contributed by atoms with E-state index in [-0.39, 0.29) is 0 Å². The molecule has 1 N–H and O–H groups in total. The molecule has 1 rings (SSSR count). The molecule has 0 amide bonds. The van der Waals surface area contributed by atoms with Crippen molar-refractivity contribution in [3.63, 3.8) is 0 Å². The van der Waals surface area contributed by atoms with Crippen LogP contribution in [-0.4, -0.2) is 19.2 Å². The van der Waals surface area contributed by atoms with Crippen molar-refractivity contribution >= 4 is 0 Å². The molecule has 2 heteroatoms. The molecule has 0 spiro atoms. The highest BCUT2D eigenvalue weighted by Crippen LogP contribution is 2.13. The topological polar surface area (TPSA) is 21.3 Å². The molecular formula is C14H23NO. The Bertz CT molecular complexity index is 261. The van der Waals surface area contributed by atoms with Gasteiger partial charge < -0.3 is 10.1 Å².